The van der Waals surface area contributed by atoms with Crippen molar-refractivity contribution in [2.45, 2.75) is 27.4 Å². The lowest BCUT2D eigenvalue weighted by atomic mass is 9.98. The summed E-state index contributed by atoms with van der Waals surface area (Å²) in [4.78, 5) is 24.4. The number of hydrogen-bond donors (Lipinski definition) is 0. The first-order chi connectivity index (χ1) is 11.8. The number of ether oxygens (including phenoxy) is 2. The van der Waals surface area contributed by atoms with E-state index < -0.39 is 19.2 Å². The molecule has 0 saturated carbocycles. The van der Waals surface area contributed by atoms with E-state index in [9.17, 15) is 18.4 Å². The molecule has 2 rings (SSSR count). The molecule has 0 heterocycles. The lowest BCUT2D eigenvalue weighted by Crippen LogP contribution is -2.16. The van der Waals surface area contributed by atoms with Crippen LogP contribution in [0.5, 0.6) is 5.75 Å². The van der Waals surface area contributed by atoms with Crippen molar-refractivity contribution in [3.63, 3.8) is 0 Å². The van der Waals surface area contributed by atoms with Crippen molar-refractivity contribution in [2.75, 3.05) is 6.61 Å². The number of Topliss-reactive ketones (excluding diaryl/α,β-unsaturated/α-hetero) is 1. The number of para-hydroxylation sites is 1. The second-order valence-electron chi connectivity index (χ2n) is 5.63. The van der Waals surface area contributed by atoms with Crippen molar-refractivity contribution in [1.29, 1.82) is 0 Å². The highest BCUT2D eigenvalue weighted by Crippen LogP contribution is 2.21. The average molecular weight is 348 g/mol. The molecule has 0 N–H and O–H groups in total. The van der Waals surface area contributed by atoms with Crippen LogP contribution in [0, 0.1) is 20.8 Å². The second-order valence-corrected chi connectivity index (χ2v) is 5.63. The molecule has 0 aliphatic rings. The number of hydrogen-bond acceptors (Lipinski definition) is 4. The quantitative estimate of drug-likeness (QED) is 0.578. The fraction of sp³-hybridized carbons (Fsp3) is 0.263. The van der Waals surface area contributed by atoms with Gasteiger partial charge in [0.1, 0.15) is 11.3 Å². The number of ketones is 1. The van der Waals surface area contributed by atoms with Gasteiger partial charge in [-0.25, -0.2) is 4.79 Å². The van der Waals surface area contributed by atoms with Crippen molar-refractivity contribution in [3.8, 4) is 5.75 Å². The third kappa shape index (κ3) is 4.62. The lowest BCUT2D eigenvalue weighted by molar-refractivity contribution is -0.0504. The lowest BCUT2D eigenvalue weighted by Gasteiger charge is -2.11. The monoisotopic (exact) mass is 348 g/mol. The topological polar surface area (TPSA) is 52.6 Å². The largest absolute Gasteiger partial charge is 0.454 e. The Bertz CT molecular complexity index is 800. The average Bonchev–Trinajstić information content (AvgIpc) is 2.55. The third-order valence-electron chi connectivity index (χ3n) is 3.80. The van der Waals surface area contributed by atoms with Crippen molar-refractivity contribution in [1.82, 2.24) is 0 Å². The van der Waals surface area contributed by atoms with Crippen LogP contribution < -0.4 is 4.74 Å². The van der Waals surface area contributed by atoms with Gasteiger partial charge in [-0.05, 0) is 55.7 Å². The SMILES string of the molecule is Cc1cc(C)c(C(=O)COC(=O)c2ccccc2OC(F)F)cc1C. The van der Waals surface area contributed by atoms with Gasteiger partial charge in [-0.1, -0.05) is 18.2 Å². The zero-order valence-corrected chi connectivity index (χ0v) is 14.1. The first kappa shape index (κ1) is 18.6. The number of carbonyl (C=O) groups is 2. The van der Waals surface area contributed by atoms with E-state index >= 15 is 0 Å². The molecular weight excluding hydrogens is 330 g/mol. The van der Waals surface area contributed by atoms with E-state index in [2.05, 4.69) is 4.74 Å². The van der Waals surface area contributed by atoms with Crippen LogP contribution >= 0.6 is 0 Å². The predicted molar refractivity (Wildman–Crippen MR) is 88.3 cm³/mol. The zero-order valence-electron chi connectivity index (χ0n) is 14.1. The van der Waals surface area contributed by atoms with Crippen molar-refractivity contribution < 1.29 is 27.8 Å². The van der Waals surface area contributed by atoms with Crippen LogP contribution in [-0.4, -0.2) is 25.0 Å². The Morgan fingerprint density at radius 2 is 1.60 bits per heavy atom. The van der Waals surface area contributed by atoms with E-state index in [0.29, 0.717) is 5.56 Å². The molecule has 0 bridgehead atoms. The summed E-state index contributed by atoms with van der Waals surface area (Å²) >= 11 is 0. The van der Waals surface area contributed by atoms with Crippen LogP contribution in [0.2, 0.25) is 0 Å². The van der Waals surface area contributed by atoms with Crippen LogP contribution in [0.15, 0.2) is 36.4 Å². The zero-order chi connectivity index (χ0) is 18.6. The molecule has 2 aromatic carbocycles. The standard InChI is InChI=1S/C19H18F2O4/c1-11-8-13(3)15(9-12(11)2)16(22)10-24-18(23)14-6-4-5-7-17(14)25-19(20)21/h4-9,19H,10H2,1-3H3. The molecule has 132 valence electrons. The van der Waals surface area contributed by atoms with E-state index in [4.69, 9.17) is 4.74 Å². The summed E-state index contributed by atoms with van der Waals surface area (Å²) in [6.07, 6.45) is 0. The number of aryl methyl sites for hydroxylation is 3. The summed E-state index contributed by atoms with van der Waals surface area (Å²) in [5, 5.41) is 0. The Morgan fingerprint density at radius 3 is 2.28 bits per heavy atom. The number of rotatable bonds is 6. The van der Waals surface area contributed by atoms with Gasteiger partial charge in [-0.15, -0.1) is 0 Å². The minimum absolute atomic E-state index is 0.160. The molecule has 2 aromatic rings. The molecule has 0 saturated heterocycles. The molecule has 0 fully saturated rings. The van der Waals surface area contributed by atoms with E-state index in [0.717, 1.165) is 16.7 Å². The van der Waals surface area contributed by atoms with Crippen LogP contribution in [0.3, 0.4) is 0 Å². The maximum absolute atomic E-state index is 12.4. The molecule has 0 amide bonds. The highest BCUT2D eigenvalue weighted by atomic mass is 19.3. The number of carbonyl (C=O) groups excluding carboxylic acids is 2. The van der Waals surface area contributed by atoms with E-state index in [1.807, 2.05) is 19.9 Å². The first-order valence-corrected chi connectivity index (χ1v) is 7.61. The summed E-state index contributed by atoms with van der Waals surface area (Å²) in [6, 6.07) is 9.11. The number of alkyl halides is 2. The molecule has 0 aliphatic heterocycles. The fourth-order valence-corrected chi connectivity index (χ4v) is 2.38. The third-order valence-corrected chi connectivity index (χ3v) is 3.80. The molecule has 25 heavy (non-hydrogen) atoms. The van der Waals surface area contributed by atoms with Crippen molar-refractivity contribution in [3.05, 3.63) is 64.2 Å². The Balaban J connectivity index is 2.10. The van der Waals surface area contributed by atoms with Crippen LogP contribution in [0.4, 0.5) is 8.78 Å². The maximum Gasteiger partial charge on any atom is 0.387 e. The normalized spacial score (nSPS) is 10.6. The molecule has 0 radical (unpaired) electrons. The van der Waals surface area contributed by atoms with Gasteiger partial charge in [0, 0.05) is 5.56 Å². The second kappa shape index (κ2) is 7.88. The van der Waals surface area contributed by atoms with Gasteiger partial charge in [-0.3, -0.25) is 4.79 Å². The number of esters is 1. The molecule has 0 atom stereocenters. The smallest absolute Gasteiger partial charge is 0.387 e. The van der Waals surface area contributed by atoms with Crippen LogP contribution in [-0.2, 0) is 4.74 Å². The van der Waals surface area contributed by atoms with Gasteiger partial charge in [-0.2, -0.15) is 8.78 Å². The van der Waals surface area contributed by atoms with Gasteiger partial charge in [0.2, 0.25) is 5.78 Å². The van der Waals surface area contributed by atoms with Crippen LogP contribution in [0.25, 0.3) is 0 Å². The Morgan fingerprint density at radius 1 is 0.960 bits per heavy atom. The summed E-state index contributed by atoms with van der Waals surface area (Å²) < 4.78 is 34.0. The first-order valence-electron chi connectivity index (χ1n) is 7.61. The highest BCUT2D eigenvalue weighted by Gasteiger charge is 2.19. The molecule has 0 unspecified atom stereocenters. The maximum atomic E-state index is 12.4. The highest BCUT2D eigenvalue weighted by molar-refractivity contribution is 6.01. The minimum atomic E-state index is -3.06. The van der Waals surface area contributed by atoms with Gasteiger partial charge < -0.3 is 9.47 Å². The van der Waals surface area contributed by atoms with Crippen LogP contribution in [0.1, 0.15) is 37.4 Å². The van der Waals surface area contributed by atoms with Gasteiger partial charge in [0.05, 0.1) is 0 Å². The summed E-state index contributed by atoms with van der Waals surface area (Å²) in [6.45, 7) is 2.08. The Hall–Kier alpha value is -2.76. The summed E-state index contributed by atoms with van der Waals surface area (Å²) in [7, 11) is 0. The van der Waals surface area contributed by atoms with Gasteiger partial charge in [0.25, 0.3) is 0 Å². The predicted octanol–water partition coefficient (Wildman–Crippen LogP) is 4.25. The summed E-state index contributed by atoms with van der Waals surface area (Å²) in [5.74, 6) is -1.55. The molecular formula is C19H18F2O4. The van der Waals surface area contributed by atoms with Gasteiger partial charge >= 0.3 is 12.6 Å². The minimum Gasteiger partial charge on any atom is -0.454 e. The van der Waals surface area contributed by atoms with E-state index in [-0.39, 0.29) is 17.1 Å². The van der Waals surface area contributed by atoms with E-state index in [1.54, 1.807) is 13.0 Å². The molecule has 0 spiro atoms. The van der Waals surface area contributed by atoms with Crippen molar-refractivity contribution in [2.24, 2.45) is 0 Å². The Kier molecular flexibility index (Phi) is 5.85. The summed E-state index contributed by atoms with van der Waals surface area (Å²) in [5.41, 5.74) is 3.10. The fourth-order valence-electron chi connectivity index (χ4n) is 2.38. The molecule has 4 nitrogen and oxygen atoms in total. The number of halogens is 2. The van der Waals surface area contributed by atoms with E-state index in [1.165, 1.54) is 24.3 Å². The molecule has 6 heteroatoms. The Labute approximate surface area is 144 Å². The van der Waals surface area contributed by atoms with Crippen molar-refractivity contribution >= 4 is 11.8 Å². The number of benzene rings is 2. The molecule has 0 aromatic heterocycles. The molecule has 0 aliphatic carbocycles. The van der Waals surface area contributed by atoms with Gasteiger partial charge in [0.15, 0.2) is 6.61 Å².